The molecule has 4 nitrogen and oxygen atoms in total. The molecule has 0 aliphatic heterocycles. The third-order valence-corrected chi connectivity index (χ3v) is 3.56. The largest absolute Gasteiger partial charge is 0.338 e. The first-order valence-corrected chi connectivity index (χ1v) is 6.57. The molecular formula is C12H22N2O2. The molecule has 0 spiro atoms. The molecule has 2 fully saturated rings. The Bertz CT molecular complexity index is 221. The van der Waals surface area contributed by atoms with Gasteiger partial charge in [0.1, 0.15) is 0 Å². The number of hydrogen-bond donors (Lipinski definition) is 2. The minimum absolute atomic E-state index is 0.168. The van der Waals surface area contributed by atoms with Crippen molar-refractivity contribution in [2.75, 3.05) is 0 Å². The summed E-state index contributed by atoms with van der Waals surface area (Å²) in [6.07, 6.45) is 10.8. The Balaban J connectivity index is 1.59. The number of carbonyl (C=O) groups is 1. The van der Waals surface area contributed by atoms with Gasteiger partial charge >= 0.3 is 6.03 Å². The van der Waals surface area contributed by atoms with E-state index in [1.807, 2.05) is 0 Å². The molecule has 2 N–H and O–H groups in total. The van der Waals surface area contributed by atoms with Crippen LogP contribution in [0.3, 0.4) is 0 Å². The van der Waals surface area contributed by atoms with E-state index in [2.05, 4.69) is 10.8 Å². The van der Waals surface area contributed by atoms with Crippen molar-refractivity contribution < 1.29 is 9.63 Å². The summed E-state index contributed by atoms with van der Waals surface area (Å²) in [6.45, 7) is 0. The Morgan fingerprint density at radius 2 is 1.56 bits per heavy atom. The molecule has 4 heteroatoms. The van der Waals surface area contributed by atoms with E-state index in [1.54, 1.807) is 0 Å². The van der Waals surface area contributed by atoms with Gasteiger partial charge in [-0.2, -0.15) is 0 Å². The summed E-state index contributed by atoms with van der Waals surface area (Å²) in [5, 5.41) is 2.97. The monoisotopic (exact) mass is 226 g/mol. The van der Waals surface area contributed by atoms with Crippen molar-refractivity contribution in [2.45, 2.75) is 69.9 Å². The number of nitrogens with one attached hydrogen (secondary N) is 2. The van der Waals surface area contributed by atoms with Crippen molar-refractivity contribution in [1.82, 2.24) is 10.8 Å². The maximum absolute atomic E-state index is 11.5. The normalized spacial score (nSPS) is 23.2. The maximum atomic E-state index is 11.5. The van der Waals surface area contributed by atoms with E-state index < -0.39 is 0 Å². The Labute approximate surface area is 97.1 Å². The highest BCUT2D eigenvalue weighted by atomic mass is 16.7. The van der Waals surface area contributed by atoms with Crippen LogP contribution in [-0.2, 0) is 4.84 Å². The fourth-order valence-corrected chi connectivity index (χ4v) is 2.60. The molecule has 16 heavy (non-hydrogen) atoms. The smallest absolute Gasteiger partial charge is 0.334 e. The van der Waals surface area contributed by atoms with Gasteiger partial charge in [-0.05, 0) is 25.7 Å². The van der Waals surface area contributed by atoms with Gasteiger partial charge in [-0.1, -0.05) is 32.1 Å². The first-order valence-electron chi connectivity index (χ1n) is 6.57. The topological polar surface area (TPSA) is 50.4 Å². The quantitative estimate of drug-likeness (QED) is 0.726. The van der Waals surface area contributed by atoms with E-state index in [9.17, 15) is 4.79 Å². The minimum atomic E-state index is -0.168. The van der Waals surface area contributed by atoms with Gasteiger partial charge in [-0.3, -0.25) is 4.84 Å². The lowest BCUT2D eigenvalue weighted by molar-refractivity contribution is -0.000647. The second-order valence-electron chi connectivity index (χ2n) is 4.93. The van der Waals surface area contributed by atoms with Crippen LogP contribution < -0.4 is 10.8 Å². The molecule has 0 bridgehead atoms. The van der Waals surface area contributed by atoms with Crippen LogP contribution in [0.4, 0.5) is 4.79 Å². The third-order valence-electron chi connectivity index (χ3n) is 3.56. The molecule has 0 saturated heterocycles. The number of hydrogen-bond acceptors (Lipinski definition) is 2. The molecule has 0 unspecified atom stereocenters. The second-order valence-corrected chi connectivity index (χ2v) is 4.93. The Kier molecular flexibility index (Phi) is 4.45. The molecule has 0 aromatic rings. The summed E-state index contributed by atoms with van der Waals surface area (Å²) in [7, 11) is 0. The Hall–Kier alpha value is -0.770. The lowest BCUT2D eigenvalue weighted by Crippen LogP contribution is -2.43. The molecule has 2 aliphatic rings. The number of amides is 2. The number of rotatable bonds is 3. The molecule has 2 aliphatic carbocycles. The van der Waals surface area contributed by atoms with Crippen LogP contribution in [0, 0.1) is 0 Å². The van der Waals surface area contributed by atoms with Crippen molar-refractivity contribution in [3.05, 3.63) is 0 Å². The SMILES string of the molecule is O=C(NOC1CCCC1)NC1CCCCC1. The van der Waals surface area contributed by atoms with Crippen LogP contribution in [0.15, 0.2) is 0 Å². The molecule has 2 amide bonds. The number of hydroxylamine groups is 1. The van der Waals surface area contributed by atoms with Crippen LogP contribution in [0.5, 0.6) is 0 Å². The minimum Gasteiger partial charge on any atom is -0.334 e. The summed E-state index contributed by atoms with van der Waals surface area (Å²) in [5.74, 6) is 0. The summed E-state index contributed by atoms with van der Waals surface area (Å²) in [4.78, 5) is 16.9. The highest BCUT2D eigenvalue weighted by Crippen LogP contribution is 2.20. The number of urea groups is 1. The lowest BCUT2D eigenvalue weighted by atomic mass is 9.96. The summed E-state index contributed by atoms with van der Waals surface area (Å²) in [6, 6.07) is 0.180. The fourth-order valence-electron chi connectivity index (χ4n) is 2.60. The first kappa shape index (κ1) is 11.7. The molecule has 0 atom stereocenters. The Morgan fingerprint density at radius 1 is 0.938 bits per heavy atom. The van der Waals surface area contributed by atoms with Crippen LogP contribution in [0.2, 0.25) is 0 Å². The van der Waals surface area contributed by atoms with Crippen LogP contribution >= 0.6 is 0 Å². The zero-order valence-corrected chi connectivity index (χ0v) is 9.84. The summed E-state index contributed by atoms with van der Waals surface area (Å²) >= 11 is 0. The van der Waals surface area contributed by atoms with E-state index in [4.69, 9.17) is 4.84 Å². The average molecular weight is 226 g/mol. The van der Waals surface area contributed by atoms with Gasteiger partial charge in [-0.25, -0.2) is 10.3 Å². The predicted molar refractivity (Wildman–Crippen MR) is 61.9 cm³/mol. The van der Waals surface area contributed by atoms with Gasteiger partial charge < -0.3 is 5.32 Å². The first-order chi connectivity index (χ1) is 7.84. The molecular weight excluding hydrogens is 204 g/mol. The zero-order valence-electron chi connectivity index (χ0n) is 9.84. The van der Waals surface area contributed by atoms with Gasteiger partial charge in [0.05, 0.1) is 6.10 Å². The zero-order chi connectivity index (χ0) is 11.2. The van der Waals surface area contributed by atoms with Crippen LogP contribution in [0.1, 0.15) is 57.8 Å². The van der Waals surface area contributed by atoms with Crippen molar-refractivity contribution in [2.24, 2.45) is 0 Å². The van der Waals surface area contributed by atoms with Crippen molar-refractivity contribution in [1.29, 1.82) is 0 Å². The van der Waals surface area contributed by atoms with Gasteiger partial charge in [0.15, 0.2) is 0 Å². The van der Waals surface area contributed by atoms with Gasteiger partial charge in [0, 0.05) is 6.04 Å². The van der Waals surface area contributed by atoms with Crippen molar-refractivity contribution >= 4 is 6.03 Å². The molecule has 0 aromatic heterocycles. The van der Waals surface area contributed by atoms with E-state index in [1.165, 1.54) is 32.1 Å². The van der Waals surface area contributed by atoms with E-state index in [0.29, 0.717) is 6.04 Å². The van der Waals surface area contributed by atoms with E-state index in [-0.39, 0.29) is 12.1 Å². The average Bonchev–Trinajstić information content (AvgIpc) is 2.81. The fraction of sp³-hybridized carbons (Fsp3) is 0.917. The van der Waals surface area contributed by atoms with Gasteiger partial charge in [0.2, 0.25) is 0 Å². The lowest BCUT2D eigenvalue weighted by Gasteiger charge is -2.23. The number of carbonyl (C=O) groups excluding carboxylic acids is 1. The standard InChI is InChI=1S/C12H22N2O2/c15-12(13-10-6-2-1-3-7-10)14-16-11-8-4-5-9-11/h10-11H,1-9H2,(H2,13,14,15). The van der Waals surface area contributed by atoms with Crippen molar-refractivity contribution in [3.63, 3.8) is 0 Å². The molecule has 2 saturated carbocycles. The van der Waals surface area contributed by atoms with E-state index in [0.717, 1.165) is 25.7 Å². The molecule has 0 aromatic carbocycles. The second kappa shape index (κ2) is 6.09. The summed E-state index contributed by atoms with van der Waals surface area (Å²) in [5.41, 5.74) is 2.52. The van der Waals surface area contributed by atoms with Crippen LogP contribution in [0.25, 0.3) is 0 Å². The predicted octanol–water partition coefficient (Wildman–Crippen LogP) is 2.49. The molecule has 0 heterocycles. The van der Waals surface area contributed by atoms with Crippen molar-refractivity contribution in [3.8, 4) is 0 Å². The maximum Gasteiger partial charge on any atom is 0.338 e. The highest BCUT2D eigenvalue weighted by molar-refractivity contribution is 5.73. The van der Waals surface area contributed by atoms with Crippen LogP contribution in [-0.4, -0.2) is 18.2 Å². The van der Waals surface area contributed by atoms with Gasteiger partial charge in [-0.15, -0.1) is 0 Å². The molecule has 0 radical (unpaired) electrons. The van der Waals surface area contributed by atoms with E-state index >= 15 is 0 Å². The third kappa shape index (κ3) is 3.67. The Morgan fingerprint density at radius 3 is 2.25 bits per heavy atom. The van der Waals surface area contributed by atoms with Gasteiger partial charge in [0.25, 0.3) is 0 Å². The summed E-state index contributed by atoms with van der Waals surface area (Å²) < 4.78 is 0. The molecule has 92 valence electrons. The molecule has 2 rings (SSSR count). The highest BCUT2D eigenvalue weighted by Gasteiger charge is 2.19.